The largest absolute Gasteiger partial charge is 0.330 e. The highest BCUT2D eigenvalue weighted by Gasteiger charge is 2.31. The summed E-state index contributed by atoms with van der Waals surface area (Å²) in [5.74, 6) is -1.36. The zero-order valence-corrected chi connectivity index (χ0v) is 21.4. The Bertz CT molecular complexity index is 1580. The predicted molar refractivity (Wildman–Crippen MR) is 144 cm³/mol. The molecule has 0 spiro atoms. The molecule has 2 unspecified atom stereocenters. The standard InChI is InChI=1S/C31H26FN5O2/c1-19-5-4-8-27(26-15-20(11-13-35-26)24-6-2-3-7-25(24)36-31(19)39)37-14-12-21(16-28(37)38)29-22(17-33)9-10-23(18-34)30(29)32/h2-3,6-7,9-11,13,15-16,19,27H,4-5,8,12,14H2,1H3,(H,36,39). The van der Waals surface area contributed by atoms with Gasteiger partial charge in [0.05, 0.1) is 28.9 Å². The highest BCUT2D eigenvalue weighted by atomic mass is 19.1. The molecule has 0 saturated carbocycles. The Morgan fingerprint density at radius 2 is 1.82 bits per heavy atom. The molecule has 0 saturated heterocycles. The summed E-state index contributed by atoms with van der Waals surface area (Å²) >= 11 is 0. The Morgan fingerprint density at radius 3 is 2.59 bits per heavy atom. The van der Waals surface area contributed by atoms with Crippen LogP contribution in [0.1, 0.15) is 61.0 Å². The number of hydrogen-bond acceptors (Lipinski definition) is 5. The molecule has 8 heteroatoms. The van der Waals surface area contributed by atoms with Crippen molar-refractivity contribution in [2.75, 3.05) is 11.9 Å². The van der Waals surface area contributed by atoms with Gasteiger partial charge in [-0.1, -0.05) is 31.5 Å². The monoisotopic (exact) mass is 519 g/mol. The molecule has 39 heavy (non-hydrogen) atoms. The van der Waals surface area contributed by atoms with E-state index in [0.717, 1.165) is 22.5 Å². The van der Waals surface area contributed by atoms with Gasteiger partial charge in [-0.05, 0) is 60.7 Å². The second-order valence-electron chi connectivity index (χ2n) is 9.88. The van der Waals surface area contributed by atoms with E-state index < -0.39 is 5.82 Å². The van der Waals surface area contributed by atoms with Crippen molar-refractivity contribution in [2.45, 2.75) is 38.6 Å². The number of aromatic nitrogens is 1. The number of nitrogens with one attached hydrogen (secondary N) is 1. The van der Waals surface area contributed by atoms with Crippen LogP contribution in [0.25, 0.3) is 16.7 Å². The molecule has 0 fully saturated rings. The first-order valence-corrected chi connectivity index (χ1v) is 12.9. The molecule has 2 amide bonds. The molecular weight excluding hydrogens is 493 g/mol. The van der Waals surface area contributed by atoms with Gasteiger partial charge in [-0.25, -0.2) is 4.39 Å². The topological polar surface area (TPSA) is 110 Å². The van der Waals surface area contributed by atoms with Crippen molar-refractivity contribution >= 4 is 23.1 Å². The average Bonchev–Trinajstić information content (AvgIpc) is 2.95. The van der Waals surface area contributed by atoms with Crippen molar-refractivity contribution < 1.29 is 14.0 Å². The highest BCUT2D eigenvalue weighted by molar-refractivity contribution is 5.98. The Labute approximate surface area is 226 Å². The molecule has 1 aromatic heterocycles. The lowest BCUT2D eigenvalue weighted by molar-refractivity contribution is -0.129. The van der Waals surface area contributed by atoms with Crippen LogP contribution >= 0.6 is 0 Å². The number of fused-ring (bicyclic) bond motifs is 4. The van der Waals surface area contributed by atoms with Gasteiger partial charge >= 0.3 is 0 Å². The number of benzene rings is 2. The first-order chi connectivity index (χ1) is 18.9. The maximum atomic E-state index is 15.1. The van der Waals surface area contributed by atoms with E-state index in [-0.39, 0.29) is 40.5 Å². The number of pyridine rings is 1. The van der Waals surface area contributed by atoms with Crippen molar-refractivity contribution in [1.82, 2.24) is 9.88 Å². The van der Waals surface area contributed by atoms with E-state index in [2.05, 4.69) is 10.3 Å². The smallest absolute Gasteiger partial charge is 0.247 e. The molecule has 3 aromatic rings. The minimum absolute atomic E-state index is 0.0137. The lowest BCUT2D eigenvalue weighted by Gasteiger charge is -2.34. The number of nitrogens with zero attached hydrogens (tertiary/aromatic N) is 4. The second kappa shape index (κ2) is 10.9. The van der Waals surface area contributed by atoms with Crippen molar-refractivity contribution in [3.8, 4) is 23.3 Å². The highest BCUT2D eigenvalue weighted by Crippen LogP contribution is 2.37. The summed E-state index contributed by atoms with van der Waals surface area (Å²) in [4.78, 5) is 32.8. The van der Waals surface area contributed by atoms with Gasteiger partial charge in [0, 0.05) is 41.5 Å². The summed E-state index contributed by atoms with van der Waals surface area (Å²) < 4.78 is 15.1. The number of nitriles is 2. The minimum atomic E-state index is -0.782. The third kappa shape index (κ3) is 5.02. The molecule has 3 heterocycles. The molecule has 2 aliphatic heterocycles. The van der Waals surface area contributed by atoms with Crippen LogP contribution in [-0.2, 0) is 9.59 Å². The number of para-hydroxylation sites is 1. The van der Waals surface area contributed by atoms with Gasteiger partial charge in [0.2, 0.25) is 11.8 Å². The molecule has 2 atom stereocenters. The van der Waals surface area contributed by atoms with E-state index in [4.69, 9.17) is 0 Å². The third-order valence-corrected chi connectivity index (χ3v) is 7.46. The number of carbonyl (C=O) groups excluding carboxylic acids is 2. The molecule has 7 nitrogen and oxygen atoms in total. The summed E-state index contributed by atoms with van der Waals surface area (Å²) in [7, 11) is 0. The number of hydrogen-bond donors (Lipinski definition) is 1. The minimum Gasteiger partial charge on any atom is -0.330 e. The summed E-state index contributed by atoms with van der Waals surface area (Å²) in [5.41, 5.74) is 3.54. The molecule has 1 N–H and O–H groups in total. The van der Waals surface area contributed by atoms with Gasteiger partial charge in [0.1, 0.15) is 11.9 Å². The number of anilines is 1. The van der Waals surface area contributed by atoms with Gasteiger partial charge in [-0.3, -0.25) is 14.6 Å². The Morgan fingerprint density at radius 1 is 1.05 bits per heavy atom. The van der Waals surface area contributed by atoms with E-state index in [1.54, 1.807) is 17.2 Å². The SMILES string of the molecule is CC1CCCC(N2CCC(c3c(C#N)ccc(C#N)c3F)=CC2=O)c2cc(ccn2)-c2ccccc2NC1=O. The van der Waals surface area contributed by atoms with Crippen LogP contribution in [0.15, 0.2) is 60.8 Å². The quantitative estimate of drug-likeness (QED) is 0.464. The summed E-state index contributed by atoms with van der Waals surface area (Å²) in [6.07, 6.45) is 5.35. The molecule has 2 bridgehead atoms. The Balaban J connectivity index is 1.54. The molecule has 2 aliphatic rings. The van der Waals surface area contributed by atoms with E-state index in [9.17, 15) is 20.1 Å². The zero-order valence-electron chi connectivity index (χ0n) is 21.4. The fourth-order valence-corrected chi connectivity index (χ4v) is 5.34. The van der Waals surface area contributed by atoms with Crippen molar-refractivity contribution in [2.24, 2.45) is 5.92 Å². The van der Waals surface area contributed by atoms with Crippen LogP contribution < -0.4 is 5.32 Å². The van der Waals surface area contributed by atoms with Gasteiger partial charge in [0.15, 0.2) is 0 Å². The third-order valence-electron chi connectivity index (χ3n) is 7.46. The maximum Gasteiger partial charge on any atom is 0.247 e. The fraction of sp³-hybridized carbons (Fsp3) is 0.258. The van der Waals surface area contributed by atoms with Gasteiger partial charge < -0.3 is 10.2 Å². The summed E-state index contributed by atoms with van der Waals surface area (Å²) in [6, 6.07) is 17.6. The van der Waals surface area contributed by atoms with E-state index >= 15 is 4.39 Å². The summed E-state index contributed by atoms with van der Waals surface area (Å²) in [5, 5.41) is 21.9. The van der Waals surface area contributed by atoms with Crippen LogP contribution in [0.3, 0.4) is 0 Å². The second-order valence-corrected chi connectivity index (χ2v) is 9.88. The van der Waals surface area contributed by atoms with Crippen molar-refractivity contribution in [1.29, 1.82) is 10.5 Å². The Hall–Kier alpha value is -4.82. The van der Waals surface area contributed by atoms with Crippen molar-refractivity contribution in [3.63, 3.8) is 0 Å². The van der Waals surface area contributed by atoms with Crippen LogP contribution in [0.4, 0.5) is 10.1 Å². The molecule has 5 rings (SSSR count). The van der Waals surface area contributed by atoms with Crippen molar-refractivity contribution in [3.05, 3.63) is 89.0 Å². The molecule has 0 aliphatic carbocycles. The van der Waals surface area contributed by atoms with Gasteiger partial charge in [-0.2, -0.15) is 10.5 Å². The lowest BCUT2D eigenvalue weighted by Crippen LogP contribution is -2.38. The van der Waals surface area contributed by atoms with E-state index in [1.807, 2.05) is 49.4 Å². The lowest BCUT2D eigenvalue weighted by atomic mass is 9.90. The average molecular weight is 520 g/mol. The number of amides is 2. The summed E-state index contributed by atoms with van der Waals surface area (Å²) in [6.45, 7) is 2.20. The number of halogens is 1. The predicted octanol–water partition coefficient (Wildman–Crippen LogP) is 5.75. The number of carbonyl (C=O) groups is 2. The van der Waals surface area contributed by atoms with Crippen LogP contribution in [0.5, 0.6) is 0 Å². The van der Waals surface area contributed by atoms with Crippen LogP contribution in [-0.4, -0.2) is 28.2 Å². The molecular formula is C31H26FN5O2. The first-order valence-electron chi connectivity index (χ1n) is 12.9. The molecule has 2 aromatic carbocycles. The van der Waals surface area contributed by atoms with E-state index in [0.29, 0.717) is 37.8 Å². The number of rotatable bonds is 2. The Kier molecular flexibility index (Phi) is 7.21. The zero-order chi connectivity index (χ0) is 27.5. The molecule has 0 radical (unpaired) electrons. The molecule has 194 valence electrons. The van der Waals surface area contributed by atoms with Gasteiger partial charge in [-0.15, -0.1) is 0 Å². The van der Waals surface area contributed by atoms with E-state index in [1.165, 1.54) is 18.2 Å². The van der Waals surface area contributed by atoms with Gasteiger partial charge in [0.25, 0.3) is 0 Å². The first kappa shape index (κ1) is 25.8. The van der Waals surface area contributed by atoms with Crippen LogP contribution in [0.2, 0.25) is 0 Å². The van der Waals surface area contributed by atoms with Crippen LogP contribution in [0, 0.1) is 34.4 Å². The maximum absolute atomic E-state index is 15.1. The fourth-order valence-electron chi connectivity index (χ4n) is 5.34. The normalized spacial score (nSPS) is 19.4.